The fourth-order valence-corrected chi connectivity index (χ4v) is 2.33. The van der Waals surface area contributed by atoms with Crippen molar-refractivity contribution in [2.75, 3.05) is 26.0 Å². The van der Waals surface area contributed by atoms with Crippen LogP contribution in [0.3, 0.4) is 0 Å². The third-order valence-electron chi connectivity index (χ3n) is 3.15. The number of nitrogens with one attached hydrogen (secondary N) is 1. The van der Waals surface area contributed by atoms with E-state index in [9.17, 15) is 9.59 Å². The van der Waals surface area contributed by atoms with Gasteiger partial charge in [-0.15, -0.1) is 5.10 Å². The van der Waals surface area contributed by atoms with Crippen LogP contribution >= 0.6 is 23.2 Å². The predicted octanol–water partition coefficient (Wildman–Crippen LogP) is 2.45. The van der Waals surface area contributed by atoms with Crippen LogP contribution in [0.2, 0.25) is 10.0 Å². The van der Waals surface area contributed by atoms with Gasteiger partial charge < -0.3 is 15.0 Å². The molecule has 0 aliphatic heterocycles. The Morgan fingerprint density at radius 3 is 2.67 bits per heavy atom. The Morgan fingerprint density at radius 2 is 2.04 bits per heavy atom. The molecule has 0 aliphatic carbocycles. The zero-order valence-corrected chi connectivity index (χ0v) is 14.9. The maximum absolute atomic E-state index is 12.4. The Morgan fingerprint density at radius 1 is 1.33 bits per heavy atom. The summed E-state index contributed by atoms with van der Waals surface area (Å²) >= 11 is 11.7. The van der Waals surface area contributed by atoms with Crippen LogP contribution in [0.5, 0.6) is 5.88 Å². The molecule has 0 radical (unpaired) electrons. The predicted molar refractivity (Wildman–Crippen MR) is 91.8 cm³/mol. The highest BCUT2D eigenvalue weighted by Gasteiger charge is 2.21. The summed E-state index contributed by atoms with van der Waals surface area (Å²) in [5.74, 6) is -0.532. The molecule has 0 aliphatic rings. The van der Waals surface area contributed by atoms with Crippen LogP contribution in [-0.2, 0) is 11.8 Å². The number of carbonyl (C=O) groups excluding carboxylic acids is 2. The quantitative estimate of drug-likeness (QED) is 0.876. The summed E-state index contributed by atoms with van der Waals surface area (Å²) in [6.45, 7) is -0.142. The van der Waals surface area contributed by atoms with E-state index in [4.69, 9.17) is 27.9 Å². The number of aromatic nitrogens is 2. The van der Waals surface area contributed by atoms with Crippen LogP contribution in [0.4, 0.5) is 5.69 Å². The molecule has 128 valence electrons. The van der Waals surface area contributed by atoms with Crippen molar-refractivity contribution in [1.82, 2.24) is 14.7 Å². The summed E-state index contributed by atoms with van der Waals surface area (Å²) in [6, 6.07) is 4.74. The van der Waals surface area contributed by atoms with Crippen LogP contribution in [0.25, 0.3) is 0 Å². The molecule has 0 saturated carbocycles. The van der Waals surface area contributed by atoms with Crippen molar-refractivity contribution in [3.8, 4) is 5.88 Å². The summed E-state index contributed by atoms with van der Waals surface area (Å²) in [4.78, 5) is 25.8. The molecule has 2 rings (SSSR count). The lowest BCUT2D eigenvalue weighted by Crippen LogP contribution is -2.35. The number of hydrogen-bond donors (Lipinski definition) is 1. The first-order valence-electron chi connectivity index (χ1n) is 6.89. The average molecular weight is 371 g/mol. The number of nitrogens with zero attached hydrogens (tertiary/aromatic N) is 3. The molecule has 0 unspecified atom stereocenters. The van der Waals surface area contributed by atoms with E-state index in [1.165, 1.54) is 36.0 Å². The molecule has 9 heteroatoms. The first-order valence-corrected chi connectivity index (χ1v) is 7.65. The monoisotopic (exact) mass is 370 g/mol. The summed E-state index contributed by atoms with van der Waals surface area (Å²) < 4.78 is 6.52. The van der Waals surface area contributed by atoms with Crippen molar-refractivity contribution in [3.63, 3.8) is 0 Å². The number of carbonyl (C=O) groups is 2. The summed E-state index contributed by atoms with van der Waals surface area (Å²) in [6.07, 6.45) is 1.54. The minimum absolute atomic E-state index is 0.142. The van der Waals surface area contributed by atoms with Gasteiger partial charge in [0.05, 0.1) is 23.7 Å². The van der Waals surface area contributed by atoms with Gasteiger partial charge in [-0.2, -0.15) is 0 Å². The Labute approximate surface area is 149 Å². The number of benzene rings is 1. The smallest absolute Gasteiger partial charge is 0.261 e. The van der Waals surface area contributed by atoms with Crippen molar-refractivity contribution >= 4 is 40.7 Å². The summed E-state index contributed by atoms with van der Waals surface area (Å²) in [5.41, 5.74) is 0.777. The van der Waals surface area contributed by atoms with Gasteiger partial charge in [0.25, 0.3) is 5.91 Å². The van der Waals surface area contributed by atoms with Crippen molar-refractivity contribution < 1.29 is 14.3 Å². The molecule has 24 heavy (non-hydrogen) atoms. The number of methoxy groups -OCH3 is 1. The van der Waals surface area contributed by atoms with Gasteiger partial charge in [0.2, 0.25) is 11.8 Å². The molecule has 0 bridgehead atoms. The first kappa shape index (κ1) is 18.1. The molecule has 0 fully saturated rings. The van der Waals surface area contributed by atoms with E-state index >= 15 is 0 Å². The number of ether oxygens (including phenoxy) is 1. The molecule has 1 aromatic heterocycles. The second kappa shape index (κ2) is 7.55. The molecule has 2 amide bonds. The fraction of sp³-hybridized carbons (Fsp3) is 0.267. The van der Waals surface area contributed by atoms with Gasteiger partial charge in [0.1, 0.15) is 5.56 Å². The van der Waals surface area contributed by atoms with Crippen LogP contribution < -0.4 is 10.1 Å². The van der Waals surface area contributed by atoms with Gasteiger partial charge in [-0.1, -0.05) is 23.2 Å². The van der Waals surface area contributed by atoms with E-state index in [2.05, 4.69) is 10.4 Å². The number of amides is 2. The Balaban J connectivity index is 2.02. The first-order chi connectivity index (χ1) is 11.3. The van der Waals surface area contributed by atoms with E-state index in [1.807, 2.05) is 0 Å². The van der Waals surface area contributed by atoms with Gasteiger partial charge >= 0.3 is 0 Å². The molecule has 1 heterocycles. The second-order valence-corrected chi connectivity index (χ2v) is 5.88. The van der Waals surface area contributed by atoms with Gasteiger partial charge in [-0.05, 0) is 18.2 Å². The van der Waals surface area contributed by atoms with Gasteiger partial charge in [-0.25, -0.2) is 0 Å². The topological polar surface area (TPSA) is 76.5 Å². The highest BCUT2D eigenvalue weighted by atomic mass is 35.5. The van der Waals surface area contributed by atoms with Crippen LogP contribution in [0.1, 0.15) is 10.4 Å². The SMILES string of the molecule is COc1nn(C)cc1C(=O)N(C)CC(=O)Nc1ccc(Cl)c(Cl)c1. The number of anilines is 1. The van der Waals surface area contributed by atoms with E-state index in [1.54, 1.807) is 19.2 Å². The van der Waals surface area contributed by atoms with E-state index in [-0.39, 0.29) is 29.8 Å². The molecule has 0 spiro atoms. The lowest BCUT2D eigenvalue weighted by molar-refractivity contribution is -0.116. The van der Waals surface area contributed by atoms with E-state index in [0.717, 1.165) is 0 Å². The van der Waals surface area contributed by atoms with Crippen LogP contribution in [0, 0.1) is 0 Å². The van der Waals surface area contributed by atoms with Crippen molar-refractivity contribution in [1.29, 1.82) is 0 Å². The summed E-state index contributed by atoms with van der Waals surface area (Å²) in [5, 5.41) is 7.40. The number of hydrogen-bond acceptors (Lipinski definition) is 4. The normalized spacial score (nSPS) is 10.4. The standard InChI is InChI=1S/C15H16Cl2N4O3/c1-20(15(23)10-7-21(2)19-14(10)24-3)8-13(22)18-9-4-5-11(16)12(17)6-9/h4-7H,8H2,1-3H3,(H,18,22). The molecule has 0 saturated heterocycles. The minimum atomic E-state index is -0.371. The Hall–Kier alpha value is -2.25. The van der Waals surface area contributed by atoms with Crippen LogP contribution in [-0.4, -0.2) is 47.2 Å². The molecule has 1 aromatic carbocycles. The molecule has 7 nitrogen and oxygen atoms in total. The lowest BCUT2D eigenvalue weighted by atomic mass is 10.3. The zero-order valence-electron chi connectivity index (χ0n) is 13.3. The fourth-order valence-electron chi connectivity index (χ4n) is 2.03. The maximum atomic E-state index is 12.4. The molecule has 2 aromatic rings. The molecular weight excluding hydrogens is 355 g/mol. The number of likely N-dealkylation sites (N-methyl/N-ethyl adjacent to an activating group) is 1. The Bertz CT molecular complexity index is 776. The number of aryl methyl sites for hydroxylation is 1. The largest absolute Gasteiger partial charge is 0.479 e. The molecular formula is C15H16Cl2N4O3. The minimum Gasteiger partial charge on any atom is -0.479 e. The van der Waals surface area contributed by atoms with E-state index < -0.39 is 0 Å². The lowest BCUT2D eigenvalue weighted by Gasteiger charge is -2.16. The van der Waals surface area contributed by atoms with Gasteiger partial charge in [0.15, 0.2) is 0 Å². The zero-order chi connectivity index (χ0) is 17.9. The highest BCUT2D eigenvalue weighted by molar-refractivity contribution is 6.42. The Kier molecular flexibility index (Phi) is 5.69. The van der Waals surface area contributed by atoms with Crippen LogP contribution in [0.15, 0.2) is 24.4 Å². The number of halogens is 2. The molecule has 0 atom stereocenters. The average Bonchev–Trinajstić information content (AvgIpc) is 2.91. The second-order valence-electron chi connectivity index (χ2n) is 5.06. The third-order valence-corrected chi connectivity index (χ3v) is 3.89. The molecule has 1 N–H and O–H groups in total. The maximum Gasteiger partial charge on any atom is 0.261 e. The highest BCUT2D eigenvalue weighted by Crippen LogP contribution is 2.25. The van der Waals surface area contributed by atoms with Crippen molar-refractivity contribution in [3.05, 3.63) is 40.0 Å². The van der Waals surface area contributed by atoms with Crippen molar-refractivity contribution in [2.45, 2.75) is 0 Å². The van der Waals surface area contributed by atoms with Crippen molar-refractivity contribution in [2.24, 2.45) is 7.05 Å². The van der Waals surface area contributed by atoms with E-state index in [0.29, 0.717) is 15.7 Å². The van der Waals surface area contributed by atoms with Gasteiger partial charge in [0, 0.05) is 26.0 Å². The third kappa shape index (κ3) is 4.18. The van der Waals surface area contributed by atoms with Gasteiger partial charge in [-0.3, -0.25) is 14.3 Å². The number of rotatable bonds is 5. The summed E-state index contributed by atoms with van der Waals surface area (Å²) in [7, 11) is 4.62.